The monoisotopic (exact) mass is 393 g/mol. The fourth-order valence-corrected chi connectivity index (χ4v) is 2.38. The van der Waals surface area contributed by atoms with Crippen LogP contribution in [-0.2, 0) is 14.3 Å². The van der Waals surface area contributed by atoms with Gasteiger partial charge in [-0.15, -0.1) is 0 Å². The molecule has 1 heterocycles. The van der Waals surface area contributed by atoms with Crippen molar-refractivity contribution in [3.05, 3.63) is 23.8 Å². The lowest BCUT2D eigenvalue weighted by molar-refractivity contribution is -0.142. The second-order valence-electron chi connectivity index (χ2n) is 7.33. The largest absolute Gasteiger partial charge is 0.490 e. The average Bonchev–Trinajstić information content (AvgIpc) is 2.86. The van der Waals surface area contributed by atoms with E-state index in [4.69, 9.17) is 18.9 Å². The Morgan fingerprint density at radius 3 is 2.54 bits per heavy atom. The van der Waals surface area contributed by atoms with Crippen molar-refractivity contribution >= 4 is 17.8 Å². The number of carbonyl (C=O) groups excluding carboxylic acids is 3. The SMILES string of the molecule is CC(C)(C)OC(=O)NCCCC(=O)OCC(=O)c1ccc2c(c1)OCCCO2. The summed E-state index contributed by atoms with van der Waals surface area (Å²) >= 11 is 0. The van der Waals surface area contributed by atoms with E-state index in [-0.39, 0.29) is 25.4 Å². The minimum Gasteiger partial charge on any atom is -0.490 e. The number of fused-ring (bicyclic) bond motifs is 1. The van der Waals surface area contributed by atoms with E-state index in [0.29, 0.717) is 36.7 Å². The number of benzene rings is 1. The van der Waals surface area contributed by atoms with Gasteiger partial charge in [-0.1, -0.05) is 0 Å². The quantitative estimate of drug-likeness (QED) is 0.432. The Balaban J connectivity index is 1.69. The third-order valence-corrected chi connectivity index (χ3v) is 3.66. The summed E-state index contributed by atoms with van der Waals surface area (Å²) < 4.78 is 21.2. The highest BCUT2D eigenvalue weighted by Crippen LogP contribution is 2.30. The van der Waals surface area contributed by atoms with Gasteiger partial charge in [0.05, 0.1) is 13.2 Å². The maximum absolute atomic E-state index is 12.2. The van der Waals surface area contributed by atoms with E-state index in [2.05, 4.69) is 5.32 Å². The minimum atomic E-state index is -0.573. The fraction of sp³-hybridized carbons (Fsp3) is 0.550. The number of carbonyl (C=O) groups is 3. The van der Waals surface area contributed by atoms with Crippen LogP contribution in [-0.4, -0.2) is 49.8 Å². The number of alkyl carbamates (subject to hydrolysis) is 1. The number of esters is 1. The summed E-state index contributed by atoms with van der Waals surface area (Å²) in [7, 11) is 0. The summed E-state index contributed by atoms with van der Waals surface area (Å²) in [6.45, 7) is 6.33. The molecule has 1 aliphatic rings. The van der Waals surface area contributed by atoms with E-state index in [9.17, 15) is 14.4 Å². The molecule has 1 amide bonds. The molecule has 8 nitrogen and oxygen atoms in total. The maximum Gasteiger partial charge on any atom is 0.407 e. The molecule has 28 heavy (non-hydrogen) atoms. The van der Waals surface area contributed by atoms with Crippen molar-refractivity contribution in [1.29, 1.82) is 0 Å². The number of rotatable bonds is 7. The molecule has 154 valence electrons. The number of Topliss-reactive ketones (excluding diaryl/α,β-unsaturated/α-hetero) is 1. The molecule has 1 aliphatic heterocycles. The van der Waals surface area contributed by atoms with Crippen molar-refractivity contribution in [1.82, 2.24) is 5.32 Å². The molecule has 0 radical (unpaired) electrons. The summed E-state index contributed by atoms with van der Waals surface area (Å²) in [6, 6.07) is 4.90. The van der Waals surface area contributed by atoms with Gasteiger partial charge in [0.25, 0.3) is 0 Å². The van der Waals surface area contributed by atoms with Crippen LogP contribution in [0.25, 0.3) is 0 Å². The first-order chi connectivity index (χ1) is 13.2. The Labute approximate surface area is 164 Å². The molecule has 0 unspecified atom stereocenters. The lowest BCUT2D eigenvalue weighted by Gasteiger charge is -2.19. The zero-order valence-corrected chi connectivity index (χ0v) is 16.5. The van der Waals surface area contributed by atoms with E-state index in [0.717, 1.165) is 6.42 Å². The van der Waals surface area contributed by atoms with Crippen molar-refractivity contribution < 1.29 is 33.3 Å². The van der Waals surface area contributed by atoms with Gasteiger partial charge in [0.1, 0.15) is 5.60 Å². The summed E-state index contributed by atoms with van der Waals surface area (Å²) in [5.41, 5.74) is -0.181. The van der Waals surface area contributed by atoms with Crippen LogP contribution < -0.4 is 14.8 Å². The first kappa shape index (κ1) is 21.5. The van der Waals surface area contributed by atoms with Crippen molar-refractivity contribution in [3.8, 4) is 11.5 Å². The summed E-state index contributed by atoms with van der Waals surface area (Å²) in [4.78, 5) is 35.5. The van der Waals surface area contributed by atoms with Gasteiger partial charge < -0.3 is 24.3 Å². The summed E-state index contributed by atoms with van der Waals surface area (Å²) in [5.74, 6) is 0.288. The Kier molecular flexibility index (Phi) is 7.66. The van der Waals surface area contributed by atoms with Crippen LogP contribution in [0.3, 0.4) is 0 Å². The molecule has 0 saturated heterocycles. The Morgan fingerprint density at radius 1 is 1.11 bits per heavy atom. The number of ketones is 1. The molecule has 1 aromatic rings. The van der Waals surface area contributed by atoms with Gasteiger partial charge in [-0.05, 0) is 45.4 Å². The maximum atomic E-state index is 12.2. The molecule has 1 aromatic carbocycles. The van der Waals surface area contributed by atoms with Crippen LogP contribution in [0.1, 0.15) is 50.4 Å². The zero-order chi connectivity index (χ0) is 20.6. The first-order valence-corrected chi connectivity index (χ1v) is 9.30. The highest BCUT2D eigenvalue weighted by molar-refractivity contribution is 5.98. The molecule has 0 bridgehead atoms. The number of hydrogen-bond donors (Lipinski definition) is 1. The fourth-order valence-electron chi connectivity index (χ4n) is 2.38. The molecule has 0 aromatic heterocycles. The van der Waals surface area contributed by atoms with Crippen LogP contribution in [0.15, 0.2) is 18.2 Å². The Morgan fingerprint density at radius 2 is 1.82 bits per heavy atom. The summed E-state index contributed by atoms with van der Waals surface area (Å²) in [5, 5.41) is 2.56. The summed E-state index contributed by atoms with van der Waals surface area (Å²) in [6.07, 6.45) is 0.712. The van der Waals surface area contributed by atoms with Gasteiger partial charge >= 0.3 is 12.1 Å². The third-order valence-electron chi connectivity index (χ3n) is 3.66. The lowest BCUT2D eigenvalue weighted by Crippen LogP contribution is -2.33. The molecular formula is C20H27NO7. The number of ether oxygens (including phenoxy) is 4. The lowest BCUT2D eigenvalue weighted by atomic mass is 10.1. The predicted molar refractivity (Wildman–Crippen MR) is 101 cm³/mol. The highest BCUT2D eigenvalue weighted by Gasteiger charge is 2.17. The van der Waals surface area contributed by atoms with Crippen molar-refractivity contribution in [2.75, 3.05) is 26.4 Å². The molecular weight excluding hydrogens is 366 g/mol. The van der Waals surface area contributed by atoms with Crippen molar-refractivity contribution in [3.63, 3.8) is 0 Å². The second kappa shape index (κ2) is 9.96. The molecule has 0 fully saturated rings. The highest BCUT2D eigenvalue weighted by atomic mass is 16.6. The van der Waals surface area contributed by atoms with Gasteiger partial charge in [0, 0.05) is 24.9 Å². The standard InChI is InChI=1S/C20H27NO7/c1-20(2,3)28-19(24)21-9-4-6-18(23)27-13-15(22)14-7-8-16-17(12-14)26-11-5-10-25-16/h7-8,12H,4-6,9-11,13H2,1-3H3,(H,21,24). The average molecular weight is 393 g/mol. The van der Waals surface area contributed by atoms with E-state index in [1.807, 2.05) is 0 Å². The van der Waals surface area contributed by atoms with Crippen molar-refractivity contribution in [2.24, 2.45) is 0 Å². The normalized spacial score (nSPS) is 13.2. The van der Waals surface area contributed by atoms with E-state index >= 15 is 0 Å². The van der Waals surface area contributed by atoms with Gasteiger partial charge in [0.2, 0.25) is 0 Å². The van der Waals surface area contributed by atoms with Crippen LogP contribution in [0.2, 0.25) is 0 Å². The predicted octanol–water partition coefficient (Wildman–Crippen LogP) is 2.88. The number of hydrogen-bond acceptors (Lipinski definition) is 7. The smallest absolute Gasteiger partial charge is 0.407 e. The molecule has 0 atom stereocenters. The third kappa shape index (κ3) is 7.46. The van der Waals surface area contributed by atoms with E-state index < -0.39 is 17.7 Å². The number of nitrogens with one attached hydrogen (secondary N) is 1. The second-order valence-corrected chi connectivity index (χ2v) is 7.33. The molecule has 0 spiro atoms. The Hall–Kier alpha value is -2.77. The molecule has 1 N–H and O–H groups in total. The van der Waals surface area contributed by atoms with Gasteiger partial charge in [-0.2, -0.15) is 0 Å². The zero-order valence-electron chi connectivity index (χ0n) is 16.5. The first-order valence-electron chi connectivity index (χ1n) is 9.30. The Bertz CT molecular complexity index is 709. The van der Waals surface area contributed by atoms with Crippen LogP contribution in [0.4, 0.5) is 4.79 Å². The molecule has 0 aliphatic carbocycles. The van der Waals surface area contributed by atoms with Gasteiger partial charge in [-0.3, -0.25) is 9.59 Å². The van der Waals surface area contributed by atoms with Crippen LogP contribution >= 0.6 is 0 Å². The van der Waals surface area contributed by atoms with Crippen LogP contribution in [0, 0.1) is 0 Å². The van der Waals surface area contributed by atoms with Gasteiger partial charge in [-0.25, -0.2) is 4.79 Å². The molecule has 0 saturated carbocycles. The van der Waals surface area contributed by atoms with Crippen LogP contribution in [0.5, 0.6) is 11.5 Å². The molecule has 2 rings (SSSR count). The number of amides is 1. The molecule has 8 heteroatoms. The topological polar surface area (TPSA) is 100 Å². The van der Waals surface area contributed by atoms with E-state index in [1.54, 1.807) is 39.0 Å². The van der Waals surface area contributed by atoms with E-state index in [1.165, 1.54) is 0 Å². The minimum absolute atomic E-state index is 0.0875. The van der Waals surface area contributed by atoms with Gasteiger partial charge in [0.15, 0.2) is 23.9 Å². The van der Waals surface area contributed by atoms with Crippen molar-refractivity contribution in [2.45, 2.75) is 45.6 Å².